The molecule has 3 atom stereocenters. The molecule has 6 nitrogen and oxygen atoms in total. The fourth-order valence-corrected chi connectivity index (χ4v) is 3.92. The lowest BCUT2D eigenvalue weighted by Gasteiger charge is -2.43. The van der Waals surface area contributed by atoms with Crippen LogP contribution in [-0.4, -0.2) is 73.8 Å². The lowest BCUT2D eigenvalue weighted by molar-refractivity contribution is -0.148. The van der Waals surface area contributed by atoms with Gasteiger partial charge in [-0.3, -0.25) is 9.78 Å². The normalized spacial score (nSPS) is 26.9. The van der Waals surface area contributed by atoms with Gasteiger partial charge in [0, 0.05) is 40.0 Å². The van der Waals surface area contributed by atoms with Gasteiger partial charge in [0.15, 0.2) is 0 Å². The van der Waals surface area contributed by atoms with Gasteiger partial charge in [-0.1, -0.05) is 6.07 Å². The summed E-state index contributed by atoms with van der Waals surface area (Å²) in [6, 6.07) is 5.79. The summed E-state index contributed by atoms with van der Waals surface area (Å²) in [5.74, 6) is 0.562. The second kappa shape index (κ2) is 8.74. The summed E-state index contributed by atoms with van der Waals surface area (Å²) in [5.41, 5.74) is 0.913. The number of amides is 1. The molecule has 2 aliphatic rings. The predicted octanol–water partition coefficient (Wildman–Crippen LogP) is 1.41. The molecular weight excluding hydrogens is 318 g/mol. The highest BCUT2D eigenvalue weighted by Gasteiger charge is 2.38. The van der Waals surface area contributed by atoms with E-state index in [4.69, 9.17) is 9.47 Å². The molecule has 0 N–H and O–H groups in total. The van der Waals surface area contributed by atoms with Gasteiger partial charge < -0.3 is 19.3 Å². The van der Waals surface area contributed by atoms with Gasteiger partial charge >= 0.3 is 0 Å². The number of carbonyl (C=O) groups excluding carboxylic acids is 1. The Labute approximate surface area is 150 Å². The van der Waals surface area contributed by atoms with Crippen LogP contribution in [0.1, 0.15) is 18.5 Å². The Morgan fingerprint density at radius 2 is 2.36 bits per heavy atom. The summed E-state index contributed by atoms with van der Waals surface area (Å²) in [6.07, 6.45) is 4.04. The largest absolute Gasteiger partial charge is 0.383 e. The molecule has 25 heavy (non-hydrogen) atoms. The van der Waals surface area contributed by atoms with E-state index < -0.39 is 0 Å². The van der Waals surface area contributed by atoms with Gasteiger partial charge in [0.2, 0.25) is 5.91 Å². The number of hydrogen-bond donors (Lipinski definition) is 0. The molecule has 3 rings (SSSR count). The first-order valence-electron chi connectivity index (χ1n) is 9.15. The maximum atomic E-state index is 12.8. The molecule has 6 heteroatoms. The van der Waals surface area contributed by atoms with Crippen molar-refractivity contribution in [3.8, 4) is 0 Å². The van der Waals surface area contributed by atoms with Crippen LogP contribution >= 0.6 is 0 Å². The monoisotopic (exact) mass is 347 g/mol. The molecule has 3 heterocycles. The van der Waals surface area contributed by atoms with E-state index in [-0.39, 0.29) is 11.8 Å². The Morgan fingerprint density at radius 1 is 1.48 bits per heavy atom. The first kappa shape index (κ1) is 18.3. The molecule has 0 aliphatic carbocycles. The van der Waals surface area contributed by atoms with Crippen LogP contribution in [0.4, 0.5) is 0 Å². The maximum absolute atomic E-state index is 12.8. The first-order chi connectivity index (χ1) is 12.2. The lowest BCUT2D eigenvalue weighted by Crippen LogP contribution is -2.51. The summed E-state index contributed by atoms with van der Waals surface area (Å²) < 4.78 is 11.2. The van der Waals surface area contributed by atoms with Gasteiger partial charge in [0.1, 0.15) is 0 Å². The number of pyridine rings is 1. The molecule has 0 unspecified atom stereocenters. The van der Waals surface area contributed by atoms with Gasteiger partial charge in [-0.25, -0.2) is 0 Å². The minimum atomic E-state index is -0.0441. The van der Waals surface area contributed by atoms with Crippen molar-refractivity contribution in [2.75, 3.05) is 47.0 Å². The van der Waals surface area contributed by atoms with Crippen molar-refractivity contribution in [1.82, 2.24) is 14.8 Å². The van der Waals surface area contributed by atoms with E-state index in [9.17, 15) is 4.79 Å². The number of fused-ring (bicyclic) bond motifs is 1. The summed E-state index contributed by atoms with van der Waals surface area (Å²) in [7, 11) is 3.59. The van der Waals surface area contributed by atoms with E-state index in [1.54, 1.807) is 18.2 Å². The third-order valence-electron chi connectivity index (χ3n) is 5.31. The summed E-state index contributed by atoms with van der Waals surface area (Å²) in [6.45, 7) is 4.87. The van der Waals surface area contributed by atoms with Gasteiger partial charge in [-0.05, 0) is 30.9 Å². The van der Waals surface area contributed by atoms with E-state index in [0.29, 0.717) is 25.2 Å². The number of ether oxygens (including phenoxy) is 2. The Morgan fingerprint density at radius 3 is 3.12 bits per heavy atom. The molecule has 2 saturated heterocycles. The average Bonchev–Trinajstić information content (AvgIpc) is 2.65. The molecular formula is C19H29N3O3. The second-order valence-electron chi connectivity index (χ2n) is 7.16. The Kier molecular flexibility index (Phi) is 6.39. The number of nitrogens with zero attached hydrogens (tertiary/aromatic N) is 3. The predicted molar refractivity (Wildman–Crippen MR) is 95.0 cm³/mol. The molecule has 0 aromatic carbocycles. The number of likely N-dealkylation sites (tertiary alicyclic amines) is 1. The fraction of sp³-hybridized carbons (Fsp3) is 0.684. The minimum Gasteiger partial charge on any atom is -0.383 e. The van der Waals surface area contributed by atoms with Crippen LogP contribution < -0.4 is 0 Å². The van der Waals surface area contributed by atoms with Crippen molar-refractivity contribution in [2.24, 2.45) is 11.8 Å². The average molecular weight is 347 g/mol. The zero-order valence-corrected chi connectivity index (χ0v) is 15.3. The van der Waals surface area contributed by atoms with Crippen molar-refractivity contribution in [2.45, 2.75) is 25.5 Å². The van der Waals surface area contributed by atoms with Gasteiger partial charge in [0.25, 0.3) is 0 Å². The van der Waals surface area contributed by atoms with Crippen LogP contribution in [0.5, 0.6) is 0 Å². The summed E-state index contributed by atoms with van der Waals surface area (Å²) in [5, 5.41) is 0. The summed E-state index contributed by atoms with van der Waals surface area (Å²) >= 11 is 0. The van der Waals surface area contributed by atoms with Gasteiger partial charge in [0.05, 0.1) is 37.5 Å². The number of rotatable bonds is 6. The molecule has 2 aliphatic heterocycles. The van der Waals surface area contributed by atoms with Crippen molar-refractivity contribution in [3.63, 3.8) is 0 Å². The fourth-order valence-electron chi connectivity index (χ4n) is 3.92. The summed E-state index contributed by atoms with van der Waals surface area (Å²) in [4.78, 5) is 21.3. The van der Waals surface area contributed by atoms with E-state index in [0.717, 1.165) is 44.8 Å². The third-order valence-corrected chi connectivity index (χ3v) is 5.31. The molecule has 1 aromatic heterocycles. The highest BCUT2D eigenvalue weighted by atomic mass is 16.5. The van der Waals surface area contributed by atoms with E-state index in [1.807, 2.05) is 25.2 Å². The maximum Gasteiger partial charge on any atom is 0.228 e. The molecule has 0 saturated carbocycles. The Balaban J connectivity index is 1.53. The van der Waals surface area contributed by atoms with E-state index in [2.05, 4.69) is 9.88 Å². The van der Waals surface area contributed by atoms with Crippen molar-refractivity contribution in [1.29, 1.82) is 0 Å². The zero-order chi connectivity index (χ0) is 17.6. The lowest BCUT2D eigenvalue weighted by atomic mass is 9.83. The van der Waals surface area contributed by atoms with Crippen LogP contribution in [0, 0.1) is 11.8 Å². The molecule has 2 fully saturated rings. The van der Waals surface area contributed by atoms with Crippen LogP contribution in [-0.2, 0) is 20.8 Å². The molecule has 1 aromatic rings. The number of carbonyl (C=O) groups is 1. The smallest absolute Gasteiger partial charge is 0.228 e. The van der Waals surface area contributed by atoms with Crippen molar-refractivity contribution >= 4 is 5.91 Å². The third kappa shape index (κ3) is 4.77. The highest BCUT2D eigenvalue weighted by molar-refractivity contribution is 5.78. The van der Waals surface area contributed by atoms with Gasteiger partial charge in [-0.15, -0.1) is 0 Å². The second-order valence-corrected chi connectivity index (χ2v) is 7.16. The number of aromatic nitrogens is 1. The highest BCUT2D eigenvalue weighted by Crippen LogP contribution is 2.32. The molecule has 0 radical (unpaired) electrons. The van der Waals surface area contributed by atoms with Gasteiger partial charge in [-0.2, -0.15) is 0 Å². The van der Waals surface area contributed by atoms with Crippen LogP contribution in [0.15, 0.2) is 24.4 Å². The van der Waals surface area contributed by atoms with Crippen molar-refractivity contribution in [3.05, 3.63) is 30.1 Å². The molecule has 0 spiro atoms. The molecule has 138 valence electrons. The zero-order valence-electron chi connectivity index (χ0n) is 15.3. The van der Waals surface area contributed by atoms with Crippen LogP contribution in [0.2, 0.25) is 0 Å². The minimum absolute atomic E-state index is 0.0441. The van der Waals surface area contributed by atoms with E-state index >= 15 is 0 Å². The Hall–Kier alpha value is -1.50. The Bertz CT molecular complexity index is 554. The van der Waals surface area contributed by atoms with Crippen molar-refractivity contribution < 1.29 is 14.3 Å². The van der Waals surface area contributed by atoms with Crippen LogP contribution in [0.25, 0.3) is 0 Å². The van der Waals surface area contributed by atoms with E-state index in [1.165, 1.54) is 0 Å². The SMILES string of the molecule is COCCN1CC[C@@H]2OC[C@H](C(=O)N(C)Cc3ccccn3)C[C@@H]2C1. The molecule has 1 amide bonds. The quantitative estimate of drug-likeness (QED) is 0.779. The number of hydrogen-bond acceptors (Lipinski definition) is 5. The topological polar surface area (TPSA) is 54.9 Å². The number of methoxy groups -OCH3 is 1. The first-order valence-corrected chi connectivity index (χ1v) is 9.15. The standard InChI is InChI=1S/C19H29N3O3/c1-21(13-17-5-3-4-7-20-17)19(23)16-11-15-12-22(9-10-24-2)8-6-18(15)25-14-16/h3-5,7,15-16,18H,6,8-14H2,1-2H3/t15-,16-,18+/m1/s1. The number of piperidine rings is 1. The van der Waals surface area contributed by atoms with Crippen LogP contribution in [0.3, 0.4) is 0 Å². The molecule has 0 bridgehead atoms.